The number of hydrogen-bond donors (Lipinski definition) is 0. The monoisotopic (exact) mass is 279 g/mol. The fourth-order valence-corrected chi connectivity index (χ4v) is 1.96. The van der Waals surface area contributed by atoms with Crippen molar-refractivity contribution in [2.24, 2.45) is 0 Å². The quantitative estimate of drug-likeness (QED) is 0.620. The van der Waals surface area contributed by atoms with E-state index in [1.807, 2.05) is 0 Å². The number of ether oxygens (including phenoxy) is 2. The summed E-state index contributed by atoms with van der Waals surface area (Å²) in [5.74, 6) is -0.625. The zero-order valence-electron chi connectivity index (χ0n) is 10.5. The molecule has 0 atom stereocenters. The maximum absolute atomic E-state index is 11.2. The lowest BCUT2D eigenvalue weighted by atomic mass is 10.1. The Bertz CT molecular complexity index is 654. The molecule has 1 aromatic heterocycles. The number of rotatable bonds is 4. The second kappa shape index (κ2) is 4.96. The average Bonchev–Trinajstić information content (AvgIpc) is 2.43. The molecule has 0 N–H and O–H groups in total. The molecule has 9 nitrogen and oxygen atoms in total. The molecule has 104 valence electrons. The first kappa shape index (κ1) is 13.5. The van der Waals surface area contributed by atoms with E-state index in [2.05, 4.69) is 4.98 Å². The molecule has 0 saturated carbocycles. The predicted octanol–water partition coefficient (Wildman–Crippen LogP) is 2.07. The highest BCUT2D eigenvalue weighted by atomic mass is 16.6. The molecule has 0 unspecified atom stereocenters. The third kappa shape index (κ3) is 1.85. The van der Waals surface area contributed by atoms with Crippen LogP contribution in [0.4, 0.5) is 11.4 Å². The molecule has 0 spiro atoms. The molecular formula is C11H9N3O6. The molecule has 20 heavy (non-hydrogen) atoms. The Morgan fingerprint density at radius 3 is 2.10 bits per heavy atom. The van der Waals surface area contributed by atoms with Crippen molar-refractivity contribution < 1.29 is 19.3 Å². The van der Waals surface area contributed by atoms with E-state index in [4.69, 9.17) is 9.47 Å². The number of hydrogen-bond acceptors (Lipinski definition) is 7. The maximum atomic E-state index is 11.2. The van der Waals surface area contributed by atoms with Gasteiger partial charge in [-0.15, -0.1) is 0 Å². The lowest BCUT2D eigenvalue weighted by Gasteiger charge is -2.10. The van der Waals surface area contributed by atoms with Crippen molar-refractivity contribution in [3.63, 3.8) is 0 Å². The van der Waals surface area contributed by atoms with Crippen LogP contribution in [0.3, 0.4) is 0 Å². The van der Waals surface area contributed by atoms with Gasteiger partial charge in [0.1, 0.15) is 0 Å². The summed E-state index contributed by atoms with van der Waals surface area (Å²) in [4.78, 5) is 24.9. The van der Waals surface area contributed by atoms with E-state index >= 15 is 0 Å². The van der Waals surface area contributed by atoms with Crippen molar-refractivity contribution in [2.45, 2.75) is 0 Å². The molecule has 9 heteroatoms. The van der Waals surface area contributed by atoms with Gasteiger partial charge in [-0.05, 0) is 12.1 Å². The normalized spacial score (nSPS) is 10.3. The Balaban J connectivity index is 3.09. The lowest BCUT2D eigenvalue weighted by molar-refractivity contribution is -0.388. The van der Waals surface area contributed by atoms with Crippen LogP contribution in [0, 0.1) is 20.2 Å². The molecule has 0 fully saturated rings. The summed E-state index contributed by atoms with van der Waals surface area (Å²) in [6.07, 6.45) is 1.31. The number of nitro groups is 2. The van der Waals surface area contributed by atoms with Gasteiger partial charge in [0.05, 0.1) is 29.5 Å². The van der Waals surface area contributed by atoms with E-state index in [0.717, 1.165) is 0 Å². The van der Waals surface area contributed by atoms with Crippen LogP contribution in [-0.4, -0.2) is 29.1 Å². The van der Waals surface area contributed by atoms with Crippen molar-refractivity contribution in [1.82, 2.24) is 4.98 Å². The van der Waals surface area contributed by atoms with E-state index < -0.39 is 21.2 Å². The van der Waals surface area contributed by atoms with Gasteiger partial charge in [0.2, 0.25) is 11.5 Å². The molecule has 0 bridgehead atoms. The highest BCUT2D eigenvalue weighted by molar-refractivity contribution is 6.00. The molecule has 0 aliphatic rings. The van der Waals surface area contributed by atoms with Crippen LogP contribution in [0.5, 0.6) is 11.5 Å². The van der Waals surface area contributed by atoms with Gasteiger partial charge in [-0.3, -0.25) is 20.2 Å². The van der Waals surface area contributed by atoms with Crippen LogP contribution in [0.2, 0.25) is 0 Å². The predicted molar refractivity (Wildman–Crippen MR) is 68.2 cm³/mol. The number of nitrogens with zero attached hydrogens (tertiary/aromatic N) is 3. The first-order valence-corrected chi connectivity index (χ1v) is 5.34. The van der Waals surface area contributed by atoms with E-state index in [1.165, 1.54) is 32.5 Å². The Morgan fingerprint density at radius 1 is 1.05 bits per heavy atom. The third-order valence-electron chi connectivity index (χ3n) is 2.70. The van der Waals surface area contributed by atoms with Gasteiger partial charge in [0.15, 0.2) is 5.52 Å². The van der Waals surface area contributed by atoms with Crippen LogP contribution in [0.25, 0.3) is 10.9 Å². The van der Waals surface area contributed by atoms with Crippen LogP contribution in [0.15, 0.2) is 18.3 Å². The van der Waals surface area contributed by atoms with Crippen molar-refractivity contribution in [3.05, 3.63) is 38.6 Å². The van der Waals surface area contributed by atoms with Gasteiger partial charge in [-0.1, -0.05) is 0 Å². The molecule has 0 amide bonds. The smallest absolute Gasteiger partial charge is 0.341 e. The number of aromatic nitrogens is 1. The number of fused-ring (bicyclic) bond motifs is 1. The molecule has 2 aromatic rings. The van der Waals surface area contributed by atoms with Crippen molar-refractivity contribution in [2.75, 3.05) is 14.2 Å². The summed E-state index contributed by atoms with van der Waals surface area (Å²) in [6, 6.07) is 2.82. The molecule has 1 heterocycles. The third-order valence-corrected chi connectivity index (χ3v) is 2.70. The summed E-state index contributed by atoms with van der Waals surface area (Å²) < 4.78 is 9.85. The van der Waals surface area contributed by atoms with E-state index in [0.29, 0.717) is 0 Å². The second-order valence-electron chi connectivity index (χ2n) is 3.68. The van der Waals surface area contributed by atoms with Crippen LogP contribution in [-0.2, 0) is 0 Å². The maximum Gasteiger partial charge on any atom is 0.341 e. The van der Waals surface area contributed by atoms with Gasteiger partial charge in [-0.2, -0.15) is 0 Å². The summed E-state index contributed by atoms with van der Waals surface area (Å²) >= 11 is 0. The number of nitro benzene ring substituents is 2. The zero-order valence-corrected chi connectivity index (χ0v) is 10.5. The Kier molecular flexibility index (Phi) is 3.34. The molecule has 0 aliphatic carbocycles. The van der Waals surface area contributed by atoms with Crippen LogP contribution in [0.1, 0.15) is 0 Å². The first-order chi connectivity index (χ1) is 9.52. The van der Waals surface area contributed by atoms with Crippen LogP contribution < -0.4 is 9.47 Å². The Hall–Kier alpha value is -2.97. The summed E-state index contributed by atoms with van der Waals surface area (Å²) in [5, 5.41) is 22.4. The Morgan fingerprint density at radius 2 is 1.60 bits per heavy atom. The van der Waals surface area contributed by atoms with Gasteiger partial charge >= 0.3 is 11.4 Å². The van der Waals surface area contributed by atoms with Crippen molar-refractivity contribution >= 4 is 22.3 Å². The first-order valence-electron chi connectivity index (χ1n) is 5.34. The minimum Gasteiger partial charge on any atom is -0.487 e. The molecule has 0 radical (unpaired) electrons. The lowest BCUT2D eigenvalue weighted by Crippen LogP contribution is -2.03. The minimum absolute atomic E-state index is 0.0156. The largest absolute Gasteiger partial charge is 0.487 e. The number of pyridine rings is 1. The molecule has 0 aliphatic heterocycles. The second-order valence-corrected chi connectivity index (χ2v) is 3.68. The standard InChI is InChI=1S/C11H9N3O6/c1-19-10-8(13(15)16)6-4-3-5-12-7(6)9(14(17)18)11(10)20-2/h3-5H,1-2H3. The Labute approximate surface area is 112 Å². The summed E-state index contributed by atoms with van der Waals surface area (Å²) in [5.41, 5.74) is -1.01. The molecule has 0 saturated heterocycles. The molecule has 2 rings (SSSR count). The fourth-order valence-electron chi connectivity index (χ4n) is 1.96. The summed E-state index contributed by atoms with van der Waals surface area (Å²) in [6.45, 7) is 0. The minimum atomic E-state index is -0.708. The summed E-state index contributed by atoms with van der Waals surface area (Å²) in [7, 11) is 2.35. The SMILES string of the molecule is COc1c(OC)c([N+](=O)[O-])c2ncccc2c1[N+](=O)[O-]. The molecular weight excluding hydrogens is 270 g/mol. The topological polar surface area (TPSA) is 118 Å². The van der Waals surface area contributed by atoms with Gasteiger partial charge in [0.25, 0.3) is 0 Å². The highest BCUT2D eigenvalue weighted by Gasteiger charge is 2.35. The molecule has 1 aromatic carbocycles. The van der Waals surface area contributed by atoms with Gasteiger partial charge < -0.3 is 9.47 Å². The van der Waals surface area contributed by atoms with Crippen molar-refractivity contribution in [1.29, 1.82) is 0 Å². The number of methoxy groups -OCH3 is 2. The highest BCUT2D eigenvalue weighted by Crippen LogP contribution is 2.49. The van der Waals surface area contributed by atoms with Gasteiger partial charge in [-0.25, -0.2) is 4.98 Å². The van der Waals surface area contributed by atoms with Crippen LogP contribution >= 0.6 is 0 Å². The van der Waals surface area contributed by atoms with Crippen molar-refractivity contribution in [3.8, 4) is 11.5 Å². The number of benzene rings is 1. The zero-order chi connectivity index (χ0) is 14.9. The fraction of sp³-hybridized carbons (Fsp3) is 0.182. The average molecular weight is 279 g/mol. The van der Waals surface area contributed by atoms with E-state index in [9.17, 15) is 20.2 Å². The van der Waals surface area contributed by atoms with E-state index in [1.54, 1.807) is 0 Å². The van der Waals surface area contributed by atoms with Gasteiger partial charge in [0, 0.05) is 6.20 Å². The van der Waals surface area contributed by atoms with E-state index in [-0.39, 0.29) is 22.4 Å².